The van der Waals surface area contributed by atoms with Gasteiger partial charge in [-0.3, -0.25) is 4.79 Å². The summed E-state index contributed by atoms with van der Waals surface area (Å²) in [6.07, 6.45) is 1.75. The largest absolute Gasteiger partial charge is 0.381 e. The smallest absolute Gasteiger partial charge is 0.229 e. The van der Waals surface area contributed by atoms with Crippen LogP contribution in [-0.4, -0.2) is 25.7 Å². The van der Waals surface area contributed by atoms with E-state index >= 15 is 0 Å². The van der Waals surface area contributed by atoms with Crippen molar-refractivity contribution in [3.63, 3.8) is 0 Å². The molecule has 0 spiro atoms. The van der Waals surface area contributed by atoms with Crippen LogP contribution in [0.15, 0.2) is 18.2 Å². The lowest BCUT2D eigenvalue weighted by atomic mass is 10.0. The van der Waals surface area contributed by atoms with E-state index in [0.717, 1.165) is 19.4 Å². The van der Waals surface area contributed by atoms with Gasteiger partial charge in [-0.05, 0) is 31.0 Å². The van der Waals surface area contributed by atoms with E-state index in [9.17, 15) is 4.79 Å². The highest BCUT2D eigenvalue weighted by Gasteiger charge is 2.22. The number of carbonyl (C=O) groups excluding carboxylic acids is 1. The number of nitrogens with two attached hydrogens (primary N) is 1. The molecule has 3 N–H and O–H groups in total. The van der Waals surface area contributed by atoms with Gasteiger partial charge in [-0.15, -0.1) is 0 Å². The molecule has 1 heterocycles. The fourth-order valence-corrected chi connectivity index (χ4v) is 2.23. The Kier molecular flexibility index (Phi) is 5.42. The minimum atomic E-state index is -0.113. The number of rotatable bonds is 2. The molecule has 0 aromatic heterocycles. The summed E-state index contributed by atoms with van der Waals surface area (Å²) in [6.45, 7) is 1.47. The molecule has 5 heteroatoms. The normalized spacial score (nSPS) is 18.0. The Labute approximate surface area is 123 Å². The van der Waals surface area contributed by atoms with Gasteiger partial charge in [0.1, 0.15) is 0 Å². The topological polar surface area (TPSA) is 64.3 Å². The van der Waals surface area contributed by atoms with Crippen molar-refractivity contribution < 1.29 is 9.53 Å². The van der Waals surface area contributed by atoms with E-state index in [1.807, 2.05) is 0 Å². The van der Waals surface area contributed by atoms with Crippen molar-refractivity contribution in [3.8, 4) is 11.8 Å². The summed E-state index contributed by atoms with van der Waals surface area (Å²) in [7, 11) is 0. The number of benzene rings is 1. The first-order valence-electron chi connectivity index (χ1n) is 6.58. The van der Waals surface area contributed by atoms with Crippen LogP contribution in [0.5, 0.6) is 0 Å². The number of halogens is 1. The van der Waals surface area contributed by atoms with Crippen LogP contribution in [0.1, 0.15) is 18.4 Å². The van der Waals surface area contributed by atoms with E-state index < -0.39 is 0 Å². The summed E-state index contributed by atoms with van der Waals surface area (Å²) < 4.78 is 5.33. The Morgan fingerprint density at radius 2 is 2.40 bits per heavy atom. The molecule has 20 heavy (non-hydrogen) atoms. The highest BCUT2D eigenvalue weighted by Crippen LogP contribution is 2.22. The minimum absolute atomic E-state index is 0.0530. The number of hydrogen-bond donors (Lipinski definition) is 2. The zero-order valence-electron chi connectivity index (χ0n) is 11.1. The second-order valence-electron chi connectivity index (χ2n) is 4.60. The van der Waals surface area contributed by atoms with Crippen LogP contribution >= 0.6 is 11.6 Å². The molecule has 0 aliphatic carbocycles. The van der Waals surface area contributed by atoms with Gasteiger partial charge in [-0.1, -0.05) is 23.4 Å². The fraction of sp³-hybridized carbons (Fsp3) is 0.400. The summed E-state index contributed by atoms with van der Waals surface area (Å²) in [4.78, 5) is 12.2. The number of nitrogens with one attached hydrogen (secondary N) is 1. The molecule has 1 aromatic carbocycles. The Morgan fingerprint density at radius 3 is 3.10 bits per heavy atom. The van der Waals surface area contributed by atoms with Gasteiger partial charge < -0.3 is 15.8 Å². The van der Waals surface area contributed by atoms with Gasteiger partial charge >= 0.3 is 0 Å². The highest BCUT2D eigenvalue weighted by molar-refractivity contribution is 6.31. The number of anilines is 1. The lowest BCUT2D eigenvalue weighted by Gasteiger charge is -2.21. The zero-order valence-corrected chi connectivity index (χ0v) is 11.9. The van der Waals surface area contributed by atoms with Crippen LogP contribution in [0.3, 0.4) is 0 Å². The average molecular weight is 293 g/mol. The lowest BCUT2D eigenvalue weighted by Crippen LogP contribution is -2.30. The van der Waals surface area contributed by atoms with Gasteiger partial charge in [0.15, 0.2) is 0 Å². The SMILES string of the molecule is NCC#Cc1ccc(Cl)cc1NC(=O)C1CCCOC1. The fourth-order valence-electron chi connectivity index (χ4n) is 2.06. The van der Waals surface area contributed by atoms with Gasteiger partial charge in [0.25, 0.3) is 0 Å². The molecular formula is C15H17ClN2O2. The Balaban J connectivity index is 2.14. The van der Waals surface area contributed by atoms with E-state index in [4.69, 9.17) is 22.1 Å². The summed E-state index contributed by atoms with van der Waals surface area (Å²) in [6, 6.07) is 5.21. The summed E-state index contributed by atoms with van der Waals surface area (Å²) >= 11 is 5.97. The van der Waals surface area contributed by atoms with Gasteiger partial charge in [-0.25, -0.2) is 0 Å². The van der Waals surface area contributed by atoms with Gasteiger partial charge in [0.2, 0.25) is 5.91 Å². The summed E-state index contributed by atoms with van der Waals surface area (Å²) in [5.74, 6) is 5.54. The van der Waals surface area contributed by atoms with Crippen molar-refractivity contribution in [2.75, 3.05) is 25.1 Å². The Hall–Kier alpha value is -1.54. The van der Waals surface area contributed by atoms with E-state index in [1.165, 1.54) is 0 Å². The van der Waals surface area contributed by atoms with E-state index in [2.05, 4.69) is 17.2 Å². The van der Waals surface area contributed by atoms with Crippen LogP contribution < -0.4 is 11.1 Å². The quantitative estimate of drug-likeness (QED) is 0.820. The van der Waals surface area contributed by atoms with Crippen molar-refractivity contribution in [1.82, 2.24) is 0 Å². The molecule has 106 valence electrons. The molecule has 1 aromatic rings. The second kappa shape index (κ2) is 7.30. The molecular weight excluding hydrogens is 276 g/mol. The average Bonchev–Trinajstić information content (AvgIpc) is 2.47. The Bertz CT molecular complexity index is 543. The standard InChI is InChI=1S/C15H17ClN2O2/c16-13-6-5-11(3-1-7-17)14(9-13)18-15(19)12-4-2-8-20-10-12/h5-6,9,12H,2,4,7-8,10,17H2,(H,18,19). The highest BCUT2D eigenvalue weighted by atomic mass is 35.5. The molecule has 0 radical (unpaired) electrons. The van der Waals surface area contributed by atoms with Crippen LogP contribution in [0.4, 0.5) is 5.69 Å². The third-order valence-corrected chi connectivity index (χ3v) is 3.33. The number of carbonyl (C=O) groups is 1. The first-order valence-corrected chi connectivity index (χ1v) is 6.95. The first kappa shape index (κ1) is 14.9. The lowest BCUT2D eigenvalue weighted by molar-refractivity contribution is -0.123. The predicted octanol–water partition coefficient (Wildman–Crippen LogP) is 2.02. The molecule has 1 saturated heterocycles. The number of amides is 1. The van der Waals surface area contributed by atoms with Crippen molar-refractivity contribution >= 4 is 23.2 Å². The maximum absolute atomic E-state index is 12.2. The first-order chi connectivity index (χ1) is 9.70. The van der Waals surface area contributed by atoms with Gasteiger partial charge in [0, 0.05) is 17.2 Å². The van der Waals surface area contributed by atoms with E-state index in [1.54, 1.807) is 18.2 Å². The molecule has 1 fully saturated rings. The zero-order chi connectivity index (χ0) is 14.4. The summed E-state index contributed by atoms with van der Waals surface area (Å²) in [5, 5.41) is 3.44. The van der Waals surface area contributed by atoms with Crippen LogP contribution in [-0.2, 0) is 9.53 Å². The monoisotopic (exact) mass is 292 g/mol. The third-order valence-electron chi connectivity index (χ3n) is 3.10. The Morgan fingerprint density at radius 1 is 1.55 bits per heavy atom. The molecule has 0 saturated carbocycles. The molecule has 1 aliphatic rings. The number of ether oxygens (including phenoxy) is 1. The van der Waals surface area contributed by atoms with Crippen molar-refractivity contribution in [2.24, 2.45) is 11.7 Å². The molecule has 0 bridgehead atoms. The van der Waals surface area contributed by atoms with Crippen LogP contribution in [0.2, 0.25) is 5.02 Å². The minimum Gasteiger partial charge on any atom is -0.381 e. The molecule has 2 rings (SSSR count). The van der Waals surface area contributed by atoms with Gasteiger partial charge in [0.05, 0.1) is 24.8 Å². The number of hydrogen-bond acceptors (Lipinski definition) is 3. The maximum Gasteiger partial charge on any atom is 0.229 e. The maximum atomic E-state index is 12.2. The van der Waals surface area contributed by atoms with Crippen molar-refractivity contribution in [3.05, 3.63) is 28.8 Å². The van der Waals surface area contributed by atoms with Crippen molar-refractivity contribution in [1.29, 1.82) is 0 Å². The van der Waals surface area contributed by atoms with Crippen molar-refractivity contribution in [2.45, 2.75) is 12.8 Å². The van der Waals surface area contributed by atoms with Crippen LogP contribution in [0, 0.1) is 17.8 Å². The molecule has 1 amide bonds. The molecule has 1 unspecified atom stereocenters. The molecule has 1 aliphatic heterocycles. The van der Waals surface area contributed by atoms with Gasteiger partial charge in [-0.2, -0.15) is 0 Å². The second-order valence-corrected chi connectivity index (χ2v) is 5.04. The predicted molar refractivity (Wildman–Crippen MR) is 79.6 cm³/mol. The molecule has 1 atom stereocenters. The van der Waals surface area contributed by atoms with E-state index in [0.29, 0.717) is 22.9 Å². The van der Waals surface area contributed by atoms with E-state index in [-0.39, 0.29) is 18.4 Å². The third kappa shape index (κ3) is 3.97. The molecule has 4 nitrogen and oxygen atoms in total. The summed E-state index contributed by atoms with van der Waals surface area (Å²) in [5.41, 5.74) is 6.70. The van der Waals surface area contributed by atoms with Crippen LogP contribution in [0.25, 0.3) is 0 Å².